The van der Waals surface area contributed by atoms with Gasteiger partial charge in [0.25, 0.3) is 5.91 Å². The zero-order valence-electron chi connectivity index (χ0n) is 21.9. The van der Waals surface area contributed by atoms with Crippen LogP contribution in [0.2, 0.25) is 0 Å². The number of nitrogens with zero attached hydrogens (tertiary/aromatic N) is 5. The van der Waals surface area contributed by atoms with E-state index in [0.29, 0.717) is 60.7 Å². The Balaban J connectivity index is 1.31. The van der Waals surface area contributed by atoms with Crippen LogP contribution in [0.1, 0.15) is 64.1 Å². The average molecular weight is 602 g/mol. The minimum atomic E-state index is -0.385. The lowest BCUT2D eigenvalue weighted by molar-refractivity contribution is -0.126. The second-order valence-corrected chi connectivity index (χ2v) is 11.7. The van der Waals surface area contributed by atoms with Gasteiger partial charge in [0, 0.05) is 42.5 Å². The highest BCUT2D eigenvalue weighted by Gasteiger charge is 2.40. The molecule has 1 aliphatic carbocycles. The largest absolute Gasteiger partial charge is 0.506 e. The Morgan fingerprint density at radius 1 is 1.15 bits per heavy atom. The number of H-pyrrole nitrogens is 1. The van der Waals surface area contributed by atoms with E-state index >= 15 is 0 Å². The number of phenolic OH excluding ortho intramolecular Hbond substituents is 1. The van der Waals surface area contributed by atoms with Crippen LogP contribution in [-0.4, -0.2) is 66.1 Å². The summed E-state index contributed by atoms with van der Waals surface area (Å²) in [6.07, 6.45) is 7.59. The van der Waals surface area contributed by atoms with Gasteiger partial charge in [-0.15, -0.1) is 0 Å². The van der Waals surface area contributed by atoms with Crippen LogP contribution >= 0.6 is 15.9 Å². The molecule has 0 spiro atoms. The van der Waals surface area contributed by atoms with Crippen molar-refractivity contribution in [2.24, 2.45) is 0 Å². The van der Waals surface area contributed by atoms with Gasteiger partial charge >= 0.3 is 0 Å². The van der Waals surface area contributed by atoms with Crippen molar-refractivity contribution in [3.8, 4) is 11.4 Å². The number of hydrogen-bond acceptors (Lipinski definition) is 5. The van der Waals surface area contributed by atoms with Crippen molar-refractivity contribution in [1.29, 1.82) is 0 Å². The second-order valence-electron chi connectivity index (χ2n) is 10.8. The normalized spacial score (nSPS) is 18.8. The van der Waals surface area contributed by atoms with Crippen molar-refractivity contribution >= 4 is 38.8 Å². The number of hydrogen-bond donors (Lipinski definition) is 2. The molecule has 3 aliphatic rings. The third kappa shape index (κ3) is 3.88. The minimum Gasteiger partial charge on any atom is -0.506 e. The van der Waals surface area contributed by atoms with E-state index in [4.69, 9.17) is 5.10 Å². The van der Waals surface area contributed by atoms with Crippen molar-refractivity contribution < 1.29 is 14.7 Å². The predicted octanol–water partition coefficient (Wildman–Crippen LogP) is 4.79. The highest BCUT2D eigenvalue weighted by Crippen LogP contribution is 2.41. The number of fused-ring (bicyclic) bond motifs is 1. The van der Waals surface area contributed by atoms with Crippen molar-refractivity contribution in [2.45, 2.75) is 44.1 Å². The lowest BCUT2D eigenvalue weighted by Gasteiger charge is -2.38. The van der Waals surface area contributed by atoms with Gasteiger partial charge in [0.1, 0.15) is 17.0 Å². The Bertz CT molecular complexity index is 1690. The molecule has 4 heterocycles. The van der Waals surface area contributed by atoms with Gasteiger partial charge in [-0.1, -0.05) is 19.1 Å². The smallest absolute Gasteiger partial charge is 0.256 e. The lowest BCUT2D eigenvalue weighted by atomic mass is 9.80. The van der Waals surface area contributed by atoms with Crippen LogP contribution in [0.5, 0.6) is 5.75 Å². The van der Waals surface area contributed by atoms with Crippen molar-refractivity contribution in [2.75, 3.05) is 19.6 Å². The Kier molecular flexibility index (Phi) is 6.03. The molecule has 7 rings (SSSR count). The Hall–Kier alpha value is -3.92. The molecule has 2 aromatic heterocycles. The lowest BCUT2D eigenvalue weighted by Crippen LogP contribution is -2.45. The predicted molar refractivity (Wildman–Crippen MR) is 154 cm³/mol. The number of rotatable bonds is 4. The minimum absolute atomic E-state index is 0.128. The van der Waals surface area contributed by atoms with Crippen molar-refractivity contribution in [3.05, 3.63) is 81.9 Å². The molecule has 204 valence electrons. The number of carbonyl (C=O) groups is 2. The molecule has 1 atom stereocenters. The number of nitrogens with one attached hydrogen (secondary N) is 1. The van der Waals surface area contributed by atoms with Crippen molar-refractivity contribution in [3.63, 3.8) is 0 Å². The average Bonchev–Trinajstić information content (AvgIpc) is 3.51. The van der Waals surface area contributed by atoms with Gasteiger partial charge in [-0.05, 0) is 70.6 Å². The van der Waals surface area contributed by atoms with Gasteiger partial charge in [0.05, 0.1) is 34.8 Å². The molecule has 2 amide bonds. The molecule has 2 aromatic carbocycles. The summed E-state index contributed by atoms with van der Waals surface area (Å²) in [5.74, 6) is 0.441. The number of imidazole rings is 1. The molecular formula is C30H29BrN6O3. The number of halogens is 1. The fourth-order valence-corrected chi connectivity index (χ4v) is 6.85. The summed E-state index contributed by atoms with van der Waals surface area (Å²) in [5.41, 5.74) is 6.52. The van der Waals surface area contributed by atoms with Gasteiger partial charge in [0.15, 0.2) is 0 Å². The quantitative estimate of drug-likeness (QED) is 0.327. The third-order valence-corrected chi connectivity index (χ3v) is 9.36. The fourth-order valence-electron chi connectivity index (χ4n) is 6.41. The summed E-state index contributed by atoms with van der Waals surface area (Å²) >= 11 is 3.52. The molecular weight excluding hydrogens is 572 g/mol. The van der Waals surface area contributed by atoms with Crippen LogP contribution in [0.3, 0.4) is 0 Å². The van der Waals surface area contributed by atoms with Gasteiger partial charge in [-0.3, -0.25) is 9.59 Å². The monoisotopic (exact) mass is 600 g/mol. The zero-order chi connectivity index (χ0) is 27.5. The van der Waals surface area contributed by atoms with E-state index < -0.39 is 0 Å². The van der Waals surface area contributed by atoms with Crippen molar-refractivity contribution in [1.82, 2.24) is 29.5 Å². The maximum absolute atomic E-state index is 14.1. The Labute approximate surface area is 239 Å². The van der Waals surface area contributed by atoms with E-state index in [1.54, 1.807) is 17.3 Å². The molecule has 4 aromatic rings. The van der Waals surface area contributed by atoms with Crippen LogP contribution < -0.4 is 0 Å². The summed E-state index contributed by atoms with van der Waals surface area (Å²) in [6.45, 7) is 4.95. The number of phenols is 1. The van der Waals surface area contributed by atoms with E-state index in [1.807, 2.05) is 27.8 Å². The molecule has 0 unspecified atom stereocenters. The van der Waals surface area contributed by atoms with Crippen LogP contribution in [0, 0.1) is 0 Å². The standard InChI is InChI=1S/C30H29BrN6O3/c1-2-26(39)35-12-10-21-27-23(37(34-21)22-9-6-18(14-25(22)38)17-4-3-5-17)11-13-36(24(27)15-35)30(40)19-7-8-20(31)29-28(19)32-16-33-29/h2,6-9,14,16-17,24,38H,1,3-5,10-13,15H2,(H,32,33)/t24-/m1/s1. The molecule has 0 saturated heterocycles. The van der Waals surface area contributed by atoms with Gasteiger partial charge in [-0.2, -0.15) is 5.10 Å². The number of amides is 2. The number of aromatic hydroxyl groups is 1. The number of benzene rings is 2. The highest BCUT2D eigenvalue weighted by atomic mass is 79.9. The highest BCUT2D eigenvalue weighted by molar-refractivity contribution is 9.10. The Morgan fingerprint density at radius 3 is 2.75 bits per heavy atom. The summed E-state index contributed by atoms with van der Waals surface area (Å²) in [7, 11) is 0. The van der Waals surface area contributed by atoms with E-state index in [9.17, 15) is 14.7 Å². The first kappa shape index (κ1) is 25.1. The number of carbonyl (C=O) groups excluding carboxylic acids is 2. The van der Waals surface area contributed by atoms with Gasteiger partial charge in [0.2, 0.25) is 5.91 Å². The van der Waals surface area contributed by atoms with E-state index in [-0.39, 0.29) is 23.6 Å². The first-order valence-electron chi connectivity index (χ1n) is 13.7. The molecule has 10 heteroatoms. The fraction of sp³-hybridized carbons (Fsp3) is 0.333. The first-order valence-corrected chi connectivity index (χ1v) is 14.5. The van der Waals surface area contributed by atoms with Gasteiger partial charge < -0.3 is 19.9 Å². The van der Waals surface area contributed by atoms with Crippen LogP contribution in [0.4, 0.5) is 0 Å². The van der Waals surface area contributed by atoms with Crippen LogP contribution in [-0.2, 0) is 17.6 Å². The molecule has 2 aliphatic heterocycles. The molecule has 0 bridgehead atoms. The van der Waals surface area contributed by atoms with E-state index in [1.165, 1.54) is 18.1 Å². The zero-order valence-corrected chi connectivity index (χ0v) is 23.5. The number of aromatic amines is 1. The van der Waals surface area contributed by atoms with Crippen LogP contribution in [0.25, 0.3) is 16.7 Å². The Morgan fingerprint density at radius 2 is 2.00 bits per heavy atom. The molecule has 1 fully saturated rings. The first-order chi connectivity index (χ1) is 19.4. The molecule has 1 saturated carbocycles. The number of aromatic nitrogens is 4. The summed E-state index contributed by atoms with van der Waals surface area (Å²) in [6, 6.07) is 9.20. The summed E-state index contributed by atoms with van der Waals surface area (Å²) in [5, 5.41) is 16.1. The molecule has 2 N–H and O–H groups in total. The van der Waals surface area contributed by atoms with Gasteiger partial charge in [-0.25, -0.2) is 9.67 Å². The topological polar surface area (TPSA) is 107 Å². The molecule has 40 heavy (non-hydrogen) atoms. The summed E-state index contributed by atoms with van der Waals surface area (Å²) < 4.78 is 2.67. The van der Waals surface area contributed by atoms with E-state index in [2.05, 4.69) is 38.5 Å². The third-order valence-electron chi connectivity index (χ3n) is 8.72. The van der Waals surface area contributed by atoms with Crippen LogP contribution in [0.15, 0.2) is 53.8 Å². The summed E-state index contributed by atoms with van der Waals surface area (Å²) in [4.78, 5) is 38.0. The maximum Gasteiger partial charge on any atom is 0.256 e. The SMILES string of the molecule is C=CC(=O)N1CCc2nn(-c3ccc(C4CCC4)cc3O)c3c2[C@@H](C1)N(C(=O)c1ccc(Br)c2nc[nH]c12)CC3. The maximum atomic E-state index is 14.1. The van der Waals surface area contributed by atoms with E-state index in [0.717, 1.165) is 34.3 Å². The second kappa shape index (κ2) is 9.62. The molecule has 0 radical (unpaired) electrons. The molecule has 9 nitrogen and oxygen atoms in total.